The van der Waals surface area contributed by atoms with Gasteiger partial charge in [0.2, 0.25) is 12.7 Å². The van der Waals surface area contributed by atoms with Crippen molar-refractivity contribution in [1.82, 2.24) is 0 Å². The van der Waals surface area contributed by atoms with Gasteiger partial charge in [-0.05, 0) is 55.7 Å². The van der Waals surface area contributed by atoms with Gasteiger partial charge in [0.1, 0.15) is 0 Å². The fourth-order valence-electron chi connectivity index (χ4n) is 2.77. The third-order valence-electron chi connectivity index (χ3n) is 4.18. The molecule has 1 N–H and O–H groups in total. The van der Waals surface area contributed by atoms with E-state index in [2.05, 4.69) is 5.32 Å². The number of anilines is 1. The molecule has 26 heavy (non-hydrogen) atoms. The van der Waals surface area contributed by atoms with E-state index in [4.69, 9.17) is 14.2 Å². The summed E-state index contributed by atoms with van der Waals surface area (Å²) < 4.78 is 15.7. The molecule has 3 rings (SSSR count). The average molecular weight is 355 g/mol. The Kier molecular flexibility index (Phi) is 5.41. The Labute approximate surface area is 152 Å². The van der Waals surface area contributed by atoms with E-state index in [0.29, 0.717) is 42.0 Å². The number of hydrogen-bond acceptors (Lipinski definition) is 5. The van der Waals surface area contributed by atoms with Crippen molar-refractivity contribution in [2.45, 2.75) is 26.7 Å². The molecule has 0 fully saturated rings. The van der Waals surface area contributed by atoms with Gasteiger partial charge >= 0.3 is 5.97 Å². The number of hydrogen-bond donors (Lipinski definition) is 1. The van der Waals surface area contributed by atoms with Crippen molar-refractivity contribution in [3.63, 3.8) is 0 Å². The molecule has 0 atom stereocenters. The summed E-state index contributed by atoms with van der Waals surface area (Å²) in [7, 11) is 0. The van der Waals surface area contributed by atoms with E-state index in [9.17, 15) is 9.59 Å². The molecule has 1 heterocycles. The zero-order valence-corrected chi connectivity index (χ0v) is 14.8. The quantitative estimate of drug-likeness (QED) is 0.803. The van der Waals surface area contributed by atoms with Crippen molar-refractivity contribution in [2.24, 2.45) is 0 Å². The Bertz CT molecular complexity index is 831. The lowest BCUT2D eigenvalue weighted by atomic mass is 10.1. The normalized spacial score (nSPS) is 11.9. The van der Waals surface area contributed by atoms with Crippen LogP contribution >= 0.6 is 0 Å². The highest BCUT2D eigenvalue weighted by molar-refractivity contribution is 5.96. The Morgan fingerprint density at radius 3 is 2.77 bits per heavy atom. The average Bonchev–Trinajstić information content (AvgIpc) is 3.09. The number of aryl methyl sites for hydroxylation is 1. The molecule has 0 aromatic heterocycles. The van der Waals surface area contributed by atoms with Crippen LogP contribution in [0.5, 0.6) is 11.5 Å². The van der Waals surface area contributed by atoms with Crippen molar-refractivity contribution in [3.05, 3.63) is 53.1 Å². The summed E-state index contributed by atoms with van der Waals surface area (Å²) in [5.41, 5.74) is 2.77. The number of nitrogens with one attached hydrogen (secondary N) is 1. The maximum atomic E-state index is 12.3. The summed E-state index contributed by atoms with van der Waals surface area (Å²) in [5.74, 6) is 0.929. The maximum Gasteiger partial charge on any atom is 0.338 e. The zero-order chi connectivity index (χ0) is 18.5. The lowest BCUT2D eigenvalue weighted by Gasteiger charge is -2.12. The van der Waals surface area contributed by atoms with Crippen LogP contribution in [0.15, 0.2) is 36.4 Å². The second-order valence-corrected chi connectivity index (χ2v) is 5.93. The van der Waals surface area contributed by atoms with Crippen LogP contribution in [0.3, 0.4) is 0 Å². The van der Waals surface area contributed by atoms with E-state index in [1.54, 1.807) is 32.0 Å². The molecule has 2 aromatic carbocycles. The number of rotatable bonds is 6. The van der Waals surface area contributed by atoms with Gasteiger partial charge in [0.25, 0.3) is 0 Å². The Hall–Kier alpha value is -3.02. The smallest absolute Gasteiger partial charge is 0.338 e. The third kappa shape index (κ3) is 3.96. The first-order chi connectivity index (χ1) is 12.6. The van der Waals surface area contributed by atoms with Gasteiger partial charge < -0.3 is 19.5 Å². The number of benzene rings is 2. The maximum absolute atomic E-state index is 12.3. The van der Waals surface area contributed by atoms with Crippen molar-refractivity contribution in [2.75, 3.05) is 18.7 Å². The molecule has 0 spiro atoms. The van der Waals surface area contributed by atoms with Gasteiger partial charge in [-0.3, -0.25) is 4.79 Å². The van der Waals surface area contributed by atoms with Gasteiger partial charge in [0.15, 0.2) is 11.5 Å². The number of ether oxygens (including phenoxy) is 3. The van der Waals surface area contributed by atoms with Crippen LogP contribution in [-0.4, -0.2) is 25.3 Å². The summed E-state index contributed by atoms with van der Waals surface area (Å²) >= 11 is 0. The van der Waals surface area contributed by atoms with E-state index in [1.807, 2.05) is 18.2 Å². The molecular weight excluding hydrogens is 334 g/mol. The fraction of sp³-hybridized carbons (Fsp3) is 0.300. The topological polar surface area (TPSA) is 73.9 Å². The lowest BCUT2D eigenvalue weighted by molar-refractivity contribution is -0.116. The van der Waals surface area contributed by atoms with E-state index >= 15 is 0 Å². The lowest BCUT2D eigenvalue weighted by Crippen LogP contribution is -2.15. The largest absolute Gasteiger partial charge is 0.462 e. The molecule has 0 aliphatic carbocycles. The van der Waals surface area contributed by atoms with Gasteiger partial charge in [0, 0.05) is 12.1 Å². The van der Waals surface area contributed by atoms with Crippen molar-refractivity contribution >= 4 is 17.6 Å². The van der Waals surface area contributed by atoms with E-state index in [-0.39, 0.29) is 18.7 Å². The molecule has 0 radical (unpaired) electrons. The highest BCUT2D eigenvalue weighted by Gasteiger charge is 2.15. The van der Waals surface area contributed by atoms with Crippen LogP contribution < -0.4 is 14.8 Å². The summed E-state index contributed by atoms with van der Waals surface area (Å²) in [6.07, 6.45) is 0.905. The fourth-order valence-corrected chi connectivity index (χ4v) is 2.77. The van der Waals surface area contributed by atoms with Crippen LogP contribution in [-0.2, 0) is 16.0 Å². The number of carbonyl (C=O) groups excluding carboxylic acids is 2. The van der Waals surface area contributed by atoms with Gasteiger partial charge in [0.05, 0.1) is 12.2 Å². The van der Waals surface area contributed by atoms with E-state index in [0.717, 1.165) is 11.3 Å². The molecule has 2 aromatic rings. The molecule has 0 saturated heterocycles. The Morgan fingerprint density at radius 2 is 1.96 bits per heavy atom. The second-order valence-electron chi connectivity index (χ2n) is 5.93. The first-order valence-electron chi connectivity index (χ1n) is 8.53. The van der Waals surface area contributed by atoms with Crippen molar-refractivity contribution < 1.29 is 23.8 Å². The van der Waals surface area contributed by atoms with Crippen LogP contribution in [0.2, 0.25) is 0 Å². The SMILES string of the molecule is CCOC(=O)c1cccc(NC(=O)CCc2ccc3c(c2)OCO3)c1C. The first kappa shape index (κ1) is 17.8. The highest BCUT2D eigenvalue weighted by Crippen LogP contribution is 2.32. The number of amides is 1. The van der Waals surface area contributed by atoms with Crippen LogP contribution in [0.4, 0.5) is 5.69 Å². The summed E-state index contributed by atoms with van der Waals surface area (Å²) in [5, 5.41) is 2.87. The monoisotopic (exact) mass is 355 g/mol. The molecule has 136 valence electrons. The van der Waals surface area contributed by atoms with Gasteiger partial charge in [-0.1, -0.05) is 12.1 Å². The number of fused-ring (bicyclic) bond motifs is 1. The minimum Gasteiger partial charge on any atom is -0.462 e. The van der Waals surface area contributed by atoms with Crippen molar-refractivity contribution in [3.8, 4) is 11.5 Å². The number of carbonyl (C=O) groups is 2. The van der Waals surface area contributed by atoms with Gasteiger partial charge in [-0.2, -0.15) is 0 Å². The highest BCUT2D eigenvalue weighted by atomic mass is 16.7. The predicted molar refractivity (Wildman–Crippen MR) is 96.7 cm³/mol. The molecule has 1 aliphatic heterocycles. The Morgan fingerprint density at radius 1 is 1.15 bits per heavy atom. The zero-order valence-electron chi connectivity index (χ0n) is 14.8. The van der Waals surface area contributed by atoms with E-state index in [1.165, 1.54) is 0 Å². The summed E-state index contributed by atoms with van der Waals surface area (Å²) in [6, 6.07) is 10.9. The second kappa shape index (κ2) is 7.91. The Balaban J connectivity index is 1.61. The first-order valence-corrected chi connectivity index (χ1v) is 8.53. The van der Waals surface area contributed by atoms with Crippen molar-refractivity contribution in [1.29, 1.82) is 0 Å². The molecule has 0 bridgehead atoms. The van der Waals surface area contributed by atoms with Gasteiger partial charge in [-0.25, -0.2) is 4.79 Å². The molecule has 1 amide bonds. The van der Waals surface area contributed by atoms with Crippen LogP contribution in [0.1, 0.15) is 34.8 Å². The standard InChI is InChI=1S/C20H21NO5/c1-3-24-20(23)15-5-4-6-16(13(15)2)21-19(22)10-8-14-7-9-17-18(11-14)26-12-25-17/h4-7,9,11H,3,8,10,12H2,1-2H3,(H,21,22). The molecule has 0 unspecified atom stereocenters. The minimum atomic E-state index is -0.388. The van der Waals surface area contributed by atoms with Crippen LogP contribution in [0.25, 0.3) is 0 Å². The predicted octanol–water partition coefficient (Wildman–Crippen LogP) is 3.47. The molecule has 6 heteroatoms. The van der Waals surface area contributed by atoms with E-state index < -0.39 is 0 Å². The summed E-state index contributed by atoms with van der Waals surface area (Å²) in [4.78, 5) is 24.2. The molecule has 1 aliphatic rings. The molecular formula is C20H21NO5. The number of esters is 1. The third-order valence-corrected chi connectivity index (χ3v) is 4.18. The molecule has 0 saturated carbocycles. The minimum absolute atomic E-state index is 0.119. The molecule has 6 nitrogen and oxygen atoms in total. The van der Waals surface area contributed by atoms with Gasteiger partial charge in [-0.15, -0.1) is 0 Å². The summed E-state index contributed by atoms with van der Waals surface area (Å²) in [6.45, 7) is 4.09. The van der Waals surface area contributed by atoms with Crippen LogP contribution in [0, 0.1) is 6.92 Å².